The summed E-state index contributed by atoms with van der Waals surface area (Å²) in [6.45, 7) is 0. The Morgan fingerprint density at radius 1 is 1.50 bits per heavy atom. The van der Waals surface area contributed by atoms with Gasteiger partial charge in [0.15, 0.2) is 0 Å². The summed E-state index contributed by atoms with van der Waals surface area (Å²) >= 11 is 6.58. The van der Waals surface area contributed by atoms with Crippen molar-refractivity contribution in [2.45, 2.75) is 5.33 Å². The van der Waals surface area contributed by atoms with Crippen LogP contribution >= 0.6 is 31.9 Å². The van der Waals surface area contributed by atoms with Crippen LogP contribution in [0.5, 0.6) is 0 Å². The Bertz CT molecular complexity index is 312. The Kier molecular flexibility index (Phi) is 3.29. The van der Waals surface area contributed by atoms with Crippen molar-refractivity contribution in [3.8, 4) is 0 Å². The highest BCUT2D eigenvalue weighted by molar-refractivity contribution is 9.10. The van der Waals surface area contributed by atoms with E-state index in [0.29, 0.717) is 5.56 Å². The molecule has 1 aromatic rings. The Hall–Kier alpha value is -0.350. The molecule has 12 heavy (non-hydrogen) atoms. The minimum absolute atomic E-state index is 0.414. The first-order chi connectivity index (χ1) is 5.65. The number of hydrogen-bond donors (Lipinski definition) is 1. The molecule has 0 spiro atoms. The van der Waals surface area contributed by atoms with Gasteiger partial charge < -0.3 is 5.73 Å². The van der Waals surface area contributed by atoms with Crippen molar-refractivity contribution in [2.24, 2.45) is 5.73 Å². The van der Waals surface area contributed by atoms with Crippen LogP contribution in [0.15, 0.2) is 22.7 Å². The molecule has 0 unspecified atom stereocenters. The first kappa shape index (κ1) is 9.74. The van der Waals surface area contributed by atoms with E-state index >= 15 is 0 Å². The SMILES string of the molecule is NC(=O)c1ccc(CBr)cc1Br. The van der Waals surface area contributed by atoms with E-state index < -0.39 is 5.91 Å². The Morgan fingerprint density at radius 3 is 2.58 bits per heavy atom. The average Bonchev–Trinajstić information content (AvgIpc) is 2.03. The number of halogens is 2. The lowest BCUT2D eigenvalue weighted by Gasteiger charge is -2.01. The zero-order chi connectivity index (χ0) is 9.14. The summed E-state index contributed by atoms with van der Waals surface area (Å²) in [5, 5.41) is 0.768. The van der Waals surface area contributed by atoms with Gasteiger partial charge in [-0.25, -0.2) is 0 Å². The normalized spacial score (nSPS) is 9.83. The van der Waals surface area contributed by atoms with Crippen LogP contribution in [-0.2, 0) is 5.33 Å². The maximum atomic E-state index is 10.8. The number of carbonyl (C=O) groups is 1. The average molecular weight is 293 g/mol. The number of hydrogen-bond acceptors (Lipinski definition) is 1. The van der Waals surface area contributed by atoms with Gasteiger partial charge in [-0.2, -0.15) is 0 Å². The van der Waals surface area contributed by atoms with Crippen molar-refractivity contribution in [1.82, 2.24) is 0 Å². The second-order valence-corrected chi connectivity index (χ2v) is 3.73. The number of alkyl halides is 1. The van der Waals surface area contributed by atoms with Crippen LogP contribution in [-0.4, -0.2) is 5.91 Å². The molecule has 1 amide bonds. The standard InChI is InChI=1S/C8H7Br2NO/c9-4-5-1-2-6(8(11)12)7(10)3-5/h1-3H,4H2,(H2,11,12). The number of nitrogens with two attached hydrogens (primary N) is 1. The van der Waals surface area contributed by atoms with E-state index in [1.54, 1.807) is 6.07 Å². The van der Waals surface area contributed by atoms with E-state index in [-0.39, 0.29) is 0 Å². The zero-order valence-electron chi connectivity index (χ0n) is 6.18. The van der Waals surface area contributed by atoms with Crippen LogP contribution in [0.25, 0.3) is 0 Å². The molecule has 1 rings (SSSR count). The van der Waals surface area contributed by atoms with E-state index in [1.165, 1.54) is 0 Å². The lowest BCUT2D eigenvalue weighted by Crippen LogP contribution is -2.11. The second kappa shape index (κ2) is 4.05. The third-order valence-corrected chi connectivity index (χ3v) is 2.76. The Balaban J connectivity index is 3.12. The molecule has 1 aromatic carbocycles. The minimum Gasteiger partial charge on any atom is -0.366 e. The van der Waals surface area contributed by atoms with Gasteiger partial charge in [0, 0.05) is 9.80 Å². The van der Waals surface area contributed by atoms with Crippen molar-refractivity contribution in [3.05, 3.63) is 33.8 Å². The lowest BCUT2D eigenvalue weighted by molar-refractivity contribution is 0.0999. The molecule has 0 saturated carbocycles. The van der Waals surface area contributed by atoms with E-state index in [9.17, 15) is 4.79 Å². The predicted molar refractivity (Wildman–Crippen MR) is 55.3 cm³/mol. The molecule has 0 saturated heterocycles. The van der Waals surface area contributed by atoms with E-state index in [1.807, 2.05) is 12.1 Å². The minimum atomic E-state index is -0.414. The summed E-state index contributed by atoms with van der Waals surface area (Å²) in [6, 6.07) is 5.44. The predicted octanol–water partition coefficient (Wildman–Crippen LogP) is 2.44. The molecule has 0 aliphatic carbocycles. The van der Waals surface area contributed by atoms with E-state index in [2.05, 4.69) is 31.9 Å². The third kappa shape index (κ3) is 2.08. The van der Waals surface area contributed by atoms with E-state index in [4.69, 9.17) is 5.73 Å². The molecule has 0 aliphatic rings. The molecular formula is C8H7Br2NO. The molecule has 0 fully saturated rings. The summed E-state index contributed by atoms with van der Waals surface area (Å²) in [4.78, 5) is 10.8. The van der Waals surface area contributed by atoms with Crippen LogP contribution < -0.4 is 5.73 Å². The fourth-order valence-corrected chi connectivity index (χ4v) is 1.81. The summed E-state index contributed by atoms with van der Waals surface area (Å²) < 4.78 is 0.743. The van der Waals surface area contributed by atoms with Gasteiger partial charge in [0.25, 0.3) is 0 Å². The lowest BCUT2D eigenvalue weighted by atomic mass is 10.1. The van der Waals surface area contributed by atoms with Crippen LogP contribution in [0.1, 0.15) is 15.9 Å². The molecule has 0 radical (unpaired) electrons. The summed E-state index contributed by atoms with van der Waals surface area (Å²) in [5.74, 6) is -0.414. The number of carbonyl (C=O) groups excluding carboxylic acids is 1. The highest BCUT2D eigenvalue weighted by Gasteiger charge is 2.05. The van der Waals surface area contributed by atoms with Crippen molar-refractivity contribution in [3.63, 3.8) is 0 Å². The molecule has 2 nitrogen and oxygen atoms in total. The second-order valence-electron chi connectivity index (χ2n) is 2.31. The van der Waals surface area contributed by atoms with Gasteiger partial charge in [-0.05, 0) is 33.6 Å². The van der Waals surface area contributed by atoms with Crippen LogP contribution in [0.4, 0.5) is 0 Å². The molecular weight excluding hydrogens is 286 g/mol. The zero-order valence-corrected chi connectivity index (χ0v) is 9.35. The van der Waals surface area contributed by atoms with Crippen molar-refractivity contribution in [1.29, 1.82) is 0 Å². The molecule has 0 bridgehead atoms. The topological polar surface area (TPSA) is 43.1 Å². The van der Waals surface area contributed by atoms with Gasteiger partial charge in [-0.1, -0.05) is 22.0 Å². The third-order valence-electron chi connectivity index (χ3n) is 1.45. The number of rotatable bonds is 2. The summed E-state index contributed by atoms with van der Waals surface area (Å²) in [6.07, 6.45) is 0. The monoisotopic (exact) mass is 291 g/mol. The van der Waals surface area contributed by atoms with Gasteiger partial charge >= 0.3 is 0 Å². The summed E-state index contributed by atoms with van der Waals surface area (Å²) in [7, 11) is 0. The fraction of sp³-hybridized carbons (Fsp3) is 0.125. The van der Waals surface area contributed by atoms with Gasteiger partial charge in [0.05, 0.1) is 5.56 Å². The highest BCUT2D eigenvalue weighted by Crippen LogP contribution is 2.19. The van der Waals surface area contributed by atoms with Crippen LogP contribution in [0.2, 0.25) is 0 Å². The molecule has 4 heteroatoms. The molecule has 0 aliphatic heterocycles. The van der Waals surface area contributed by atoms with Gasteiger partial charge in [-0.3, -0.25) is 4.79 Å². The molecule has 0 atom stereocenters. The van der Waals surface area contributed by atoms with Gasteiger partial charge in [-0.15, -0.1) is 0 Å². The van der Waals surface area contributed by atoms with Crippen LogP contribution in [0.3, 0.4) is 0 Å². The van der Waals surface area contributed by atoms with E-state index in [0.717, 1.165) is 15.4 Å². The molecule has 2 N–H and O–H groups in total. The van der Waals surface area contributed by atoms with Crippen molar-refractivity contribution < 1.29 is 4.79 Å². The Morgan fingerprint density at radius 2 is 2.17 bits per heavy atom. The number of primary amides is 1. The van der Waals surface area contributed by atoms with Gasteiger partial charge in [0.2, 0.25) is 5.91 Å². The number of benzene rings is 1. The van der Waals surface area contributed by atoms with Crippen LogP contribution in [0, 0.1) is 0 Å². The maximum Gasteiger partial charge on any atom is 0.249 e. The molecule has 0 aromatic heterocycles. The van der Waals surface area contributed by atoms with Crippen molar-refractivity contribution >= 4 is 37.8 Å². The first-order valence-corrected chi connectivity index (χ1v) is 5.21. The maximum absolute atomic E-state index is 10.8. The smallest absolute Gasteiger partial charge is 0.249 e. The van der Waals surface area contributed by atoms with Gasteiger partial charge in [0.1, 0.15) is 0 Å². The quantitative estimate of drug-likeness (QED) is 0.836. The molecule has 64 valence electrons. The molecule has 0 heterocycles. The largest absolute Gasteiger partial charge is 0.366 e. The summed E-state index contributed by atoms with van der Waals surface area (Å²) in [5.41, 5.74) is 6.74. The Labute approximate surface area is 87.4 Å². The highest BCUT2D eigenvalue weighted by atomic mass is 79.9. The number of amides is 1. The van der Waals surface area contributed by atoms with Crippen molar-refractivity contribution in [2.75, 3.05) is 0 Å². The first-order valence-electron chi connectivity index (χ1n) is 3.29. The fourth-order valence-electron chi connectivity index (χ4n) is 0.842.